The van der Waals surface area contributed by atoms with Crippen LogP contribution >= 0.6 is 11.3 Å². The van der Waals surface area contributed by atoms with Gasteiger partial charge in [0, 0.05) is 16.6 Å². The molecule has 1 amide bonds. The Bertz CT molecular complexity index is 992. The summed E-state index contributed by atoms with van der Waals surface area (Å²) in [6.45, 7) is 8.93. The number of rotatable bonds is 5. The van der Waals surface area contributed by atoms with Gasteiger partial charge in [0.05, 0.1) is 18.7 Å². The molecule has 0 bridgehead atoms. The number of amides is 1. The van der Waals surface area contributed by atoms with Crippen molar-refractivity contribution in [3.63, 3.8) is 0 Å². The second-order valence-corrected chi connectivity index (χ2v) is 9.60. The Morgan fingerprint density at radius 3 is 2.47 bits per heavy atom. The third kappa shape index (κ3) is 4.32. The molecule has 3 aromatic rings. The van der Waals surface area contributed by atoms with Crippen LogP contribution in [-0.2, 0) is 0 Å². The van der Waals surface area contributed by atoms with Crippen molar-refractivity contribution in [3.05, 3.63) is 82.0 Å². The molecule has 0 radical (unpaired) electrons. The highest BCUT2D eigenvalue weighted by Gasteiger charge is 2.35. The monoisotopic (exact) mass is 420 g/mol. The van der Waals surface area contributed by atoms with Gasteiger partial charge in [0.25, 0.3) is 5.91 Å². The van der Waals surface area contributed by atoms with Gasteiger partial charge in [-0.1, -0.05) is 31.2 Å². The van der Waals surface area contributed by atoms with Crippen LogP contribution in [0.3, 0.4) is 0 Å². The minimum absolute atomic E-state index is 0.0554. The summed E-state index contributed by atoms with van der Waals surface area (Å²) < 4.78 is 0. The zero-order valence-corrected chi connectivity index (χ0v) is 18.8. The number of aromatic nitrogens is 1. The molecule has 0 aliphatic carbocycles. The summed E-state index contributed by atoms with van der Waals surface area (Å²) >= 11 is 1.68. The lowest BCUT2D eigenvalue weighted by Gasteiger charge is -2.34. The summed E-state index contributed by atoms with van der Waals surface area (Å²) in [5, 5.41) is 4.18. The van der Waals surface area contributed by atoms with Gasteiger partial charge in [0.2, 0.25) is 0 Å². The number of anilines is 1. The minimum Gasteiger partial charge on any atom is -0.324 e. The number of likely N-dealkylation sites (tertiary alicyclic amines) is 1. The summed E-state index contributed by atoms with van der Waals surface area (Å²) in [4.78, 5) is 20.5. The molecule has 1 aliphatic rings. The van der Waals surface area contributed by atoms with Crippen molar-refractivity contribution in [2.75, 3.05) is 18.4 Å². The number of aryl methyl sites for hydroxylation is 1. The molecular weight excluding hydrogens is 390 g/mol. The first-order valence-corrected chi connectivity index (χ1v) is 11.6. The summed E-state index contributed by atoms with van der Waals surface area (Å²) in [5.41, 5.74) is 4.26. The average Bonchev–Trinajstić information content (AvgIpc) is 3.04. The zero-order valence-electron chi connectivity index (χ0n) is 17.9. The molecule has 1 atom stereocenters. The average molecular weight is 421 g/mol. The molecule has 30 heavy (non-hydrogen) atoms. The molecule has 1 aromatic carbocycles. The highest BCUT2D eigenvalue weighted by atomic mass is 32.1. The topological polar surface area (TPSA) is 46.4 Å². The molecular formula is C25H30N3OS+. The summed E-state index contributed by atoms with van der Waals surface area (Å²) in [7, 11) is 0. The molecule has 0 spiro atoms. The van der Waals surface area contributed by atoms with Crippen molar-refractivity contribution in [1.82, 2.24) is 4.98 Å². The number of nitrogens with one attached hydrogen (secondary N) is 2. The van der Waals surface area contributed by atoms with Gasteiger partial charge in [-0.2, -0.15) is 0 Å². The smallest absolute Gasteiger partial charge is 0.256 e. The van der Waals surface area contributed by atoms with Crippen molar-refractivity contribution < 1.29 is 9.69 Å². The molecule has 1 aliphatic heterocycles. The van der Waals surface area contributed by atoms with Gasteiger partial charge in [-0.05, 0) is 62.4 Å². The number of carbonyl (C=O) groups excluding carboxylic acids is 1. The van der Waals surface area contributed by atoms with E-state index in [2.05, 4.69) is 38.2 Å². The Morgan fingerprint density at radius 1 is 1.10 bits per heavy atom. The van der Waals surface area contributed by atoms with E-state index in [4.69, 9.17) is 4.98 Å². The van der Waals surface area contributed by atoms with Crippen LogP contribution in [0.25, 0.3) is 0 Å². The van der Waals surface area contributed by atoms with Gasteiger partial charge in [-0.15, -0.1) is 11.3 Å². The number of piperidine rings is 1. The van der Waals surface area contributed by atoms with Crippen molar-refractivity contribution >= 4 is 22.2 Å². The van der Waals surface area contributed by atoms with E-state index in [9.17, 15) is 4.79 Å². The van der Waals surface area contributed by atoms with Gasteiger partial charge in [0.15, 0.2) is 6.04 Å². The van der Waals surface area contributed by atoms with E-state index in [1.807, 2.05) is 42.6 Å². The summed E-state index contributed by atoms with van der Waals surface area (Å²) in [6, 6.07) is 15.7. The second-order valence-electron chi connectivity index (χ2n) is 8.37. The standard InChI is InChI=1S/C25H29N3OS/c1-17-12-15-28(16-13-17)23(21-11-7-8-14-26-21)22-18(2)19(3)30-25(22)27-24(29)20-9-5-4-6-10-20/h4-11,14,17,23H,12-13,15-16H2,1-3H3,(H,27,29)/p+1. The molecule has 1 unspecified atom stereocenters. The third-order valence-electron chi connectivity index (χ3n) is 6.29. The van der Waals surface area contributed by atoms with E-state index in [1.165, 1.54) is 28.8 Å². The lowest BCUT2D eigenvalue weighted by Crippen LogP contribution is -3.13. The maximum absolute atomic E-state index is 12.9. The fourth-order valence-electron chi connectivity index (χ4n) is 4.38. The summed E-state index contributed by atoms with van der Waals surface area (Å²) in [6.07, 6.45) is 4.34. The van der Waals surface area contributed by atoms with Gasteiger partial charge in [0.1, 0.15) is 10.7 Å². The van der Waals surface area contributed by atoms with Crippen LogP contribution in [0, 0.1) is 19.8 Å². The fourth-order valence-corrected chi connectivity index (χ4v) is 5.47. The van der Waals surface area contributed by atoms with Crippen LogP contribution in [0.1, 0.15) is 57.9 Å². The lowest BCUT2D eigenvalue weighted by atomic mass is 9.93. The van der Waals surface area contributed by atoms with E-state index in [0.29, 0.717) is 5.56 Å². The van der Waals surface area contributed by atoms with Crippen molar-refractivity contribution in [2.24, 2.45) is 5.92 Å². The van der Waals surface area contributed by atoms with Crippen LogP contribution in [0.5, 0.6) is 0 Å². The van der Waals surface area contributed by atoms with Crippen LogP contribution in [0.15, 0.2) is 54.7 Å². The van der Waals surface area contributed by atoms with Crippen LogP contribution < -0.4 is 10.2 Å². The van der Waals surface area contributed by atoms with Gasteiger partial charge in [-0.25, -0.2) is 0 Å². The van der Waals surface area contributed by atoms with Crippen LogP contribution in [-0.4, -0.2) is 24.0 Å². The first kappa shape index (κ1) is 20.8. The largest absolute Gasteiger partial charge is 0.324 e. The number of quaternary nitrogens is 1. The molecule has 4 nitrogen and oxygen atoms in total. The van der Waals surface area contributed by atoms with Gasteiger partial charge < -0.3 is 10.2 Å². The van der Waals surface area contributed by atoms with Crippen molar-refractivity contribution in [3.8, 4) is 0 Å². The number of thiophene rings is 1. The van der Waals surface area contributed by atoms with Crippen molar-refractivity contribution in [1.29, 1.82) is 0 Å². The molecule has 1 saturated heterocycles. The van der Waals surface area contributed by atoms with Crippen molar-refractivity contribution in [2.45, 2.75) is 39.7 Å². The number of hydrogen-bond donors (Lipinski definition) is 2. The first-order valence-electron chi connectivity index (χ1n) is 10.8. The Morgan fingerprint density at radius 2 is 1.80 bits per heavy atom. The van der Waals surface area contributed by atoms with Gasteiger partial charge in [-0.3, -0.25) is 9.78 Å². The molecule has 5 heteroatoms. The normalized spacial score (nSPS) is 20.0. The molecule has 1 fully saturated rings. The Hall–Kier alpha value is -2.50. The number of nitrogens with zero attached hydrogens (tertiary/aromatic N) is 1. The number of benzene rings is 1. The van der Waals surface area contributed by atoms with Gasteiger partial charge >= 0.3 is 0 Å². The molecule has 0 saturated carbocycles. The zero-order chi connectivity index (χ0) is 21.1. The molecule has 2 aromatic heterocycles. The molecule has 2 N–H and O–H groups in total. The number of pyridine rings is 1. The van der Waals surface area contributed by atoms with E-state index >= 15 is 0 Å². The van der Waals surface area contributed by atoms with E-state index in [1.54, 1.807) is 16.2 Å². The van der Waals surface area contributed by atoms with Crippen LogP contribution in [0.2, 0.25) is 0 Å². The fraction of sp³-hybridized carbons (Fsp3) is 0.360. The van der Waals surface area contributed by atoms with E-state index in [-0.39, 0.29) is 11.9 Å². The third-order valence-corrected chi connectivity index (χ3v) is 7.43. The Kier molecular flexibility index (Phi) is 6.30. The number of carbonyl (C=O) groups is 1. The summed E-state index contributed by atoms with van der Waals surface area (Å²) in [5.74, 6) is 0.723. The lowest BCUT2D eigenvalue weighted by molar-refractivity contribution is -0.931. The Labute approximate surface area is 183 Å². The quantitative estimate of drug-likeness (QED) is 0.642. The second kappa shape index (κ2) is 9.11. The SMILES string of the molecule is Cc1sc(NC(=O)c2ccccc2)c(C(c2ccccn2)[NH+]2CCC(C)CC2)c1C. The predicted molar refractivity (Wildman–Crippen MR) is 123 cm³/mol. The highest BCUT2D eigenvalue weighted by Crippen LogP contribution is 2.38. The first-order chi connectivity index (χ1) is 14.5. The van der Waals surface area contributed by atoms with E-state index in [0.717, 1.165) is 29.7 Å². The molecule has 4 rings (SSSR count). The number of hydrogen-bond acceptors (Lipinski definition) is 3. The molecule has 3 heterocycles. The molecule has 156 valence electrons. The predicted octanol–water partition coefficient (Wildman–Crippen LogP) is 4.42. The Balaban J connectivity index is 1.74. The van der Waals surface area contributed by atoms with Crippen LogP contribution in [0.4, 0.5) is 5.00 Å². The van der Waals surface area contributed by atoms with E-state index < -0.39 is 0 Å². The maximum atomic E-state index is 12.9. The minimum atomic E-state index is -0.0554. The maximum Gasteiger partial charge on any atom is 0.256 e. The highest BCUT2D eigenvalue weighted by molar-refractivity contribution is 7.16.